The van der Waals surface area contributed by atoms with Crippen molar-refractivity contribution < 1.29 is 43.4 Å². The molecule has 3 fully saturated rings. The molecule has 3 aliphatic heterocycles. The molecule has 232 valence electrons. The molecule has 0 bridgehead atoms. The van der Waals surface area contributed by atoms with Crippen LogP contribution >= 0.6 is 0 Å². The van der Waals surface area contributed by atoms with Gasteiger partial charge in [-0.2, -0.15) is 0 Å². The van der Waals surface area contributed by atoms with E-state index in [9.17, 15) is 9.90 Å². The van der Waals surface area contributed by atoms with E-state index in [1.165, 1.54) is 0 Å². The smallest absolute Gasteiger partial charge is 0.303 e. The van der Waals surface area contributed by atoms with Gasteiger partial charge in [-0.25, -0.2) is 0 Å². The zero-order chi connectivity index (χ0) is 29.1. The quantitative estimate of drug-likeness (QED) is 0.229. The van der Waals surface area contributed by atoms with E-state index in [1.54, 1.807) is 0 Å². The van der Waals surface area contributed by atoms with Crippen molar-refractivity contribution in [3.05, 3.63) is 54.1 Å². The average Bonchev–Trinajstić information content (AvgIpc) is 3.30. The SMILES string of the molecule is O=C(O)CCC/C=C\C[C@@H]1[C@@H](/C=C/[C@@H](OC2CCCCO2)C2OCc3ccccc3O2)[C@H](O)C[C@@H]1OC1CCCCO1. The fourth-order valence-corrected chi connectivity index (χ4v) is 6.26. The number of ether oxygens (including phenoxy) is 6. The van der Waals surface area contributed by atoms with Crippen molar-refractivity contribution in [3.63, 3.8) is 0 Å². The van der Waals surface area contributed by atoms with Gasteiger partial charge >= 0.3 is 5.97 Å². The Kier molecular flexibility index (Phi) is 11.9. The molecular formula is C33H46O9. The van der Waals surface area contributed by atoms with Crippen molar-refractivity contribution in [3.8, 4) is 5.75 Å². The molecule has 3 unspecified atom stereocenters. The van der Waals surface area contributed by atoms with E-state index in [2.05, 4.69) is 6.08 Å². The average molecular weight is 587 g/mol. The summed E-state index contributed by atoms with van der Waals surface area (Å²) in [6, 6.07) is 7.85. The van der Waals surface area contributed by atoms with E-state index in [-0.39, 0.29) is 36.9 Å². The summed E-state index contributed by atoms with van der Waals surface area (Å²) in [4.78, 5) is 10.9. The van der Waals surface area contributed by atoms with Gasteiger partial charge in [-0.05, 0) is 69.8 Å². The second kappa shape index (κ2) is 16.0. The third-order valence-corrected chi connectivity index (χ3v) is 8.55. The van der Waals surface area contributed by atoms with E-state index in [0.29, 0.717) is 45.5 Å². The first-order valence-electron chi connectivity index (χ1n) is 15.7. The summed E-state index contributed by atoms with van der Waals surface area (Å²) in [6.45, 7) is 1.80. The van der Waals surface area contributed by atoms with Gasteiger partial charge in [-0.3, -0.25) is 4.79 Å². The Morgan fingerprint density at radius 1 is 1.02 bits per heavy atom. The number of aliphatic hydroxyl groups excluding tert-OH is 1. The Hall–Kier alpha value is -2.27. The maximum absolute atomic E-state index is 11.2. The number of benzene rings is 1. The topological polar surface area (TPSA) is 113 Å². The van der Waals surface area contributed by atoms with Crippen molar-refractivity contribution in [1.82, 2.24) is 0 Å². The molecule has 42 heavy (non-hydrogen) atoms. The van der Waals surface area contributed by atoms with Crippen LogP contribution in [-0.4, -0.2) is 66.6 Å². The van der Waals surface area contributed by atoms with Gasteiger partial charge in [-0.15, -0.1) is 0 Å². The number of carboxylic acid groups (broad SMARTS) is 1. The Morgan fingerprint density at radius 2 is 1.81 bits per heavy atom. The lowest BCUT2D eigenvalue weighted by atomic mass is 9.89. The first kappa shape index (κ1) is 31.2. The van der Waals surface area contributed by atoms with Crippen LogP contribution in [0.4, 0.5) is 0 Å². The second-order valence-electron chi connectivity index (χ2n) is 11.7. The van der Waals surface area contributed by atoms with Crippen LogP contribution < -0.4 is 4.74 Å². The van der Waals surface area contributed by atoms with Gasteiger partial charge in [0.05, 0.1) is 18.8 Å². The number of carboxylic acids is 1. The monoisotopic (exact) mass is 586 g/mol. The number of hydrogen-bond acceptors (Lipinski definition) is 8. The minimum absolute atomic E-state index is 0.0259. The largest absolute Gasteiger partial charge is 0.481 e. The van der Waals surface area contributed by atoms with Crippen LogP contribution in [0.15, 0.2) is 48.6 Å². The Bertz CT molecular complexity index is 1030. The molecule has 1 aliphatic carbocycles. The number of fused-ring (bicyclic) bond motifs is 1. The first-order chi connectivity index (χ1) is 20.6. The third-order valence-electron chi connectivity index (χ3n) is 8.55. The Morgan fingerprint density at radius 3 is 2.57 bits per heavy atom. The lowest BCUT2D eigenvalue weighted by Gasteiger charge is -2.34. The molecule has 0 aromatic heterocycles. The predicted octanol–water partition coefficient (Wildman–Crippen LogP) is 5.50. The van der Waals surface area contributed by atoms with E-state index in [1.807, 2.05) is 42.5 Å². The van der Waals surface area contributed by atoms with Gasteiger partial charge in [-0.1, -0.05) is 42.5 Å². The van der Waals surface area contributed by atoms with Crippen LogP contribution in [-0.2, 0) is 35.1 Å². The van der Waals surface area contributed by atoms with Crippen molar-refractivity contribution in [1.29, 1.82) is 0 Å². The van der Waals surface area contributed by atoms with E-state index >= 15 is 0 Å². The Labute approximate surface area is 248 Å². The van der Waals surface area contributed by atoms with Gasteiger partial charge < -0.3 is 38.6 Å². The standard InChI is InChI=1S/C33H46O9/c34-26-21-29(41-32-16-8-10-20-38-32)25(12-3-1-2-4-14-30(35)36)24(26)17-18-28(40-31-15-7-9-19-37-31)33-39-22-23-11-5-6-13-27(23)42-33/h1,3,5-6,11,13,17-18,24-26,28-29,31-34H,2,4,7-10,12,14-16,19-22H2,(H,35,36)/b3-1-,18-17+/t24-,25-,26-,28-,29+,31?,32?,33?/m1/s1. The highest BCUT2D eigenvalue weighted by molar-refractivity contribution is 5.66. The molecule has 8 atom stereocenters. The normalized spacial score (nSPS) is 32.5. The zero-order valence-corrected chi connectivity index (χ0v) is 24.4. The number of carbonyl (C=O) groups is 1. The summed E-state index contributed by atoms with van der Waals surface area (Å²) in [7, 11) is 0. The van der Waals surface area contributed by atoms with Crippen molar-refractivity contribution in [2.75, 3.05) is 13.2 Å². The molecular weight excluding hydrogens is 540 g/mol. The number of allylic oxidation sites excluding steroid dienone is 2. The second-order valence-corrected chi connectivity index (χ2v) is 11.7. The molecule has 4 aliphatic rings. The zero-order valence-electron chi connectivity index (χ0n) is 24.4. The molecule has 3 heterocycles. The van der Waals surface area contributed by atoms with Crippen molar-refractivity contribution >= 4 is 5.97 Å². The van der Waals surface area contributed by atoms with Crippen LogP contribution in [0, 0.1) is 11.8 Å². The van der Waals surface area contributed by atoms with E-state index < -0.39 is 24.5 Å². The maximum Gasteiger partial charge on any atom is 0.303 e. The highest BCUT2D eigenvalue weighted by Crippen LogP contribution is 2.40. The fourth-order valence-electron chi connectivity index (χ4n) is 6.26. The molecule has 2 N–H and O–H groups in total. The number of hydrogen-bond donors (Lipinski definition) is 2. The van der Waals surface area contributed by atoms with Crippen LogP contribution in [0.25, 0.3) is 0 Å². The van der Waals surface area contributed by atoms with Gasteiger partial charge in [0.25, 0.3) is 0 Å². The molecule has 1 saturated carbocycles. The first-order valence-corrected chi connectivity index (χ1v) is 15.7. The van der Waals surface area contributed by atoms with Gasteiger partial charge in [0.2, 0.25) is 6.29 Å². The molecule has 9 nitrogen and oxygen atoms in total. The predicted molar refractivity (Wildman–Crippen MR) is 155 cm³/mol. The minimum atomic E-state index is -0.779. The van der Waals surface area contributed by atoms with Crippen molar-refractivity contribution in [2.24, 2.45) is 11.8 Å². The van der Waals surface area contributed by atoms with Crippen LogP contribution in [0.1, 0.15) is 76.2 Å². The van der Waals surface area contributed by atoms with Crippen LogP contribution in [0.5, 0.6) is 5.75 Å². The molecule has 0 amide bonds. The molecule has 1 aromatic carbocycles. The summed E-state index contributed by atoms with van der Waals surface area (Å²) in [5.41, 5.74) is 0.997. The van der Waals surface area contributed by atoms with E-state index in [4.69, 9.17) is 33.5 Å². The summed E-state index contributed by atoms with van der Waals surface area (Å²) in [5, 5.41) is 20.2. The van der Waals surface area contributed by atoms with Gasteiger partial charge in [0.15, 0.2) is 12.6 Å². The summed E-state index contributed by atoms with van der Waals surface area (Å²) in [6.07, 6.45) is 14.2. The number of para-hydroxylation sites is 1. The molecule has 9 heteroatoms. The van der Waals surface area contributed by atoms with Crippen LogP contribution in [0.2, 0.25) is 0 Å². The summed E-state index contributed by atoms with van der Waals surface area (Å²) in [5.74, 6) is -0.138. The number of unbranched alkanes of at least 4 members (excludes halogenated alkanes) is 1. The maximum atomic E-state index is 11.2. The lowest BCUT2D eigenvalue weighted by molar-refractivity contribution is -0.236. The number of aliphatic carboxylic acids is 1. The van der Waals surface area contributed by atoms with Gasteiger partial charge in [0.1, 0.15) is 11.9 Å². The molecule has 2 saturated heterocycles. The number of rotatable bonds is 13. The summed E-state index contributed by atoms with van der Waals surface area (Å²) < 4.78 is 36.9. The molecule has 0 radical (unpaired) electrons. The lowest BCUT2D eigenvalue weighted by Crippen LogP contribution is -2.41. The summed E-state index contributed by atoms with van der Waals surface area (Å²) >= 11 is 0. The van der Waals surface area contributed by atoms with E-state index in [0.717, 1.165) is 49.8 Å². The molecule has 0 spiro atoms. The van der Waals surface area contributed by atoms with Crippen molar-refractivity contribution in [2.45, 2.75) is 114 Å². The van der Waals surface area contributed by atoms with Crippen LogP contribution in [0.3, 0.4) is 0 Å². The third kappa shape index (κ3) is 8.88. The Balaban J connectivity index is 1.30. The highest BCUT2D eigenvalue weighted by Gasteiger charge is 2.43. The molecule has 5 rings (SSSR count). The molecule has 1 aromatic rings. The van der Waals surface area contributed by atoms with Gasteiger partial charge in [0, 0.05) is 37.5 Å². The number of aliphatic hydroxyl groups is 1. The highest BCUT2D eigenvalue weighted by atomic mass is 16.7. The minimum Gasteiger partial charge on any atom is -0.481 e. The fraction of sp³-hybridized carbons (Fsp3) is 0.667.